The van der Waals surface area contributed by atoms with Gasteiger partial charge in [0, 0.05) is 19.2 Å². The van der Waals surface area contributed by atoms with Crippen LogP contribution in [-0.2, 0) is 24.2 Å². The summed E-state index contributed by atoms with van der Waals surface area (Å²) < 4.78 is 7.16. The molecule has 156 valence electrons. The molecule has 0 atom stereocenters. The molecule has 0 bridgehead atoms. The number of benzene rings is 1. The molecule has 3 aromatic rings. The minimum Gasteiger partial charge on any atom is -0.443 e. The first-order chi connectivity index (χ1) is 14.3. The minimum absolute atomic E-state index is 0.438. The van der Waals surface area contributed by atoms with Gasteiger partial charge in [-0.3, -0.25) is 9.88 Å². The van der Waals surface area contributed by atoms with Crippen LogP contribution in [0.25, 0.3) is 11.0 Å². The number of nitrogens with zero attached hydrogens (tertiary/aromatic N) is 5. The molecule has 3 rings (SSSR count). The summed E-state index contributed by atoms with van der Waals surface area (Å²) in [6, 6.07) is 13.6. The lowest BCUT2D eigenvalue weighted by Crippen LogP contribution is -2.29. The molecule has 2 aromatic heterocycles. The number of carbonyl (C=O) groups excluding carboxylic acids is 1. The molecule has 1 aromatic carbocycles. The first-order valence-corrected chi connectivity index (χ1v) is 9.96. The highest BCUT2D eigenvalue weighted by molar-refractivity contribution is 5.87. The summed E-state index contributed by atoms with van der Waals surface area (Å²) in [4.78, 5) is 24.1. The Hall–Kier alpha value is -3.24. The van der Waals surface area contributed by atoms with Crippen molar-refractivity contribution < 1.29 is 9.53 Å². The van der Waals surface area contributed by atoms with E-state index in [9.17, 15) is 4.79 Å². The van der Waals surface area contributed by atoms with Crippen LogP contribution in [0.2, 0.25) is 0 Å². The zero-order chi connectivity index (χ0) is 21.7. The Morgan fingerprint density at radius 2 is 1.97 bits per heavy atom. The van der Waals surface area contributed by atoms with E-state index in [1.165, 1.54) is 0 Å². The predicted octanol–water partition coefficient (Wildman–Crippen LogP) is 4.30. The van der Waals surface area contributed by atoms with Gasteiger partial charge in [-0.2, -0.15) is 5.26 Å². The van der Waals surface area contributed by atoms with Crippen molar-refractivity contribution in [2.24, 2.45) is 0 Å². The summed E-state index contributed by atoms with van der Waals surface area (Å²) in [5, 5.41) is 8.89. The predicted molar refractivity (Wildman–Crippen MR) is 115 cm³/mol. The van der Waals surface area contributed by atoms with E-state index < -0.39 is 11.7 Å². The third-order valence-electron chi connectivity index (χ3n) is 4.53. The summed E-state index contributed by atoms with van der Waals surface area (Å²) >= 11 is 0. The van der Waals surface area contributed by atoms with Crippen LogP contribution >= 0.6 is 0 Å². The van der Waals surface area contributed by atoms with Crippen LogP contribution in [0.5, 0.6) is 0 Å². The highest BCUT2D eigenvalue weighted by Gasteiger charge is 2.23. The first-order valence-electron chi connectivity index (χ1n) is 9.96. The van der Waals surface area contributed by atoms with Gasteiger partial charge in [-0.15, -0.1) is 0 Å². The molecule has 7 heteroatoms. The monoisotopic (exact) mass is 405 g/mol. The number of nitriles is 1. The summed E-state index contributed by atoms with van der Waals surface area (Å²) in [7, 11) is 1.96. The summed E-state index contributed by atoms with van der Waals surface area (Å²) in [5.41, 5.74) is 2.86. The molecule has 7 nitrogen and oxygen atoms in total. The normalized spacial score (nSPS) is 11.6. The van der Waals surface area contributed by atoms with Crippen LogP contribution in [0, 0.1) is 11.3 Å². The number of para-hydroxylation sites is 2. The molecule has 0 saturated heterocycles. The number of hydrogen-bond acceptors (Lipinski definition) is 6. The molecule has 0 saturated carbocycles. The van der Waals surface area contributed by atoms with Crippen LogP contribution in [0.3, 0.4) is 0 Å². The standard InChI is InChI=1S/C23H27N5O2/c1-23(2,3)30-22(29)28-20-12-6-5-11-18(20)26-21(28)16-27(4)15-19-17(9-7-13-24)10-8-14-25-19/h5-6,8,10-12,14H,7,9,15-16H2,1-4H3. The lowest BCUT2D eigenvalue weighted by atomic mass is 10.1. The van der Waals surface area contributed by atoms with E-state index >= 15 is 0 Å². The van der Waals surface area contributed by atoms with Crippen molar-refractivity contribution >= 4 is 17.1 Å². The van der Waals surface area contributed by atoms with Gasteiger partial charge in [0.2, 0.25) is 0 Å². The quantitative estimate of drug-likeness (QED) is 0.608. The van der Waals surface area contributed by atoms with Crippen LogP contribution in [0.1, 0.15) is 44.3 Å². The van der Waals surface area contributed by atoms with Crippen LogP contribution in [0.15, 0.2) is 42.6 Å². The second-order valence-electron chi connectivity index (χ2n) is 8.27. The van der Waals surface area contributed by atoms with Gasteiger partial charge >= 0.3 is 6.09 Å². The van der Waals surface area contributed by atoms with E-state index in [0.29, 0.717) is 31.8 Å². The van der Waals surface area contributed by atoms with Crippen molar-refractivity contribution in [1.82, 2.24) is 19.4 Å². The summed E-state index contributed by atoms with van der Waals surface area (Å²) in [6.45, 7) is 6.57. The fourth-order valence-corrected chi connectivity index (χ4v) is 3.28. The second-order valence-corrected chi connectivity index (χ2v) is 8.27. The number of imidazole rings is 1. The highest BCUT2D eigenvalue weighted by Crippen LogP contribution is 2.20. The van der Waals surface area contributed by atoms with E-state index in [-0.39, 0.29) is 0 Å². The van der Waals surface area contributed by atoms with Gasteiger partial charge in [0.25, 0.3) is 0 Å². The van der Waals surface area contributed by atoms with Crippen molar-refractivity contribution in [3.05, 3.63) is 59.7 Å². The molecule has 0 radical (unpaired) electrons. The zero-order valence-electron chi connectivity index (χ0n) is 17.9. The third-order valence-corrected chi connectivity index (χ3v) is 4.53. The van der Waals surface area contributed by atoms with Crippen LogP contribution in [0.4, 0.5) is 4.79 Å². The largest absolute Gasteiger partial charge is 0.443 e. The fourth-order valence-electron chi connectivity index (χ4n) is 3.28. The highest BCUT2D eigenvalue weighted by atomic mass is 16.6. The zero-order valence-corrected chi connectivity index (χ0v) is 17.9. The molecular weight excluding hydrogens is 378 g/mol. The van der Waals surface area contributed by atoms with Gasteiger partial charge < -0.3 is 4.74 Å². The minimum atomic E-state index is -0.602. The summed E-state index contributed by atoms with van der Waals surface area (Å²) in [6.07, 6.45) is 2.45. The average Bonchev–Trinajstić information content (AvgIpc) is 3.03. The molecule has 0 amide bonds. The molecule has 0 spiro atoms. The number of aromatic nitrogens is 3. The number of aryl methyl sites for hydroxylation is 1. The van der Waals surface area contributed by atoms with Gasteiger partial charge in [0.1, 0.15) is 11.4 Å². The number of hydrogen-bond donors (Lipinski definition) is 0. The van der Waals surface area contributed by atoms with Crippen molar-refractivity contribution in [2.45, 2.75) is 52.3 Å². The number of rotatable bonds is 6. The van der Waals surface area contributed by atoms with Gasteiger partial charge in [0.15, 0.2) is 0 Å². The molecule has 0 N–H and O–H groups in total. The lowest BCUT2D eigenvalue weighted by Gasteiger charge is -2.22. The Kier molecular flexibility index (Phi) is 6.48. The molecule has 30 heavy (non-hydrogen) atoms. The van der Waals surface area contributed by atoms with E-state index in [4.69, 9.17) is 10.00 Å². The average molecular weight is 406 g/mol. The van der Waals surface area contributed by atoms with E-state index in [2.05, 4.69) is 20.9 Å². The topological polar surface area (TPSA) is 84.0 Å². The number of pyridine rings is 1. The SMILES string of the molecule is CN(Cc1ncccc1CCC#N)Cc1nc2ccccc2n1C(=O)OC(C)(C)C. The Balaban J connectivity index is 1.86. The Labute approximate surface area is 176 Å². The lowest BCUT2D eigenvalue weighted by molar-refractivity contribution is 0.0535. The third kappa shape index (κ3) is 5.22. The number of carbonyl (C=O) groups is 1. The van der Waals surface area contributed by atoms with Gasteiger partial charge in [-0.05, 0) is 58.0 Å². The molecule has 0 fully saturated rings. The van der Waals surface area contributed by atoms with Crippen molar-refractivity contribution in [3.8, 4) is 6.07 Å². The van der Waals surface area contributed by atoms with Crippen molar-refractivity contribution in [3.63, 3.8) is 0 Å². The van der Waals surface area contributed by atoms with E-state index in [1.54, 1.807) is 10.8 Å². The number of ether oxygens (including phenoxy) is 1. The van der Waals surface area contributed by atoms with E-state index in [1.807, 2.05) is 64.2 Å². The van der Waals surface area contributed by atoms with Crippen LogP contribution < -0.4 is 0 Å². The molecular formula is C23H27N5O2. The maximum absolute atomic E-state index is 12.9. The Morgan fingerprint density at radius 1 is 1.20 bits per heavy atom. The van der Waals surface area contributed by atoms with Gasteiger partial charge in [-0.1, -0.05) is 18.2 Å². The maximum atomic E-state index is 12.9. The molecule has 0 aliphatic heterocycles. The smallest absolute Gasteiger partial charge is 0.420 e. The maximum Gasteiger partial charge on any atom is 0.420 e. The molecule has 0 aliphatic rings. The van der Waals surface area contributed by atoms with Crippen LogP contribution in [-0.4, -0.2) is 38.2 Å². The van der Waals surface area contributed by atoms with Crippen molar-refractivity contribution in [2.75, 3.05) is 7.05 Å². The van der Waals surface area contributed by atoms with Gasteiger partial charge in [-0.25, -0.2) is 14.3 Å². The Bertz CT molecular complexity index is 1080. The van der Waals surface area contributed by atoms with E-state index in [0.717, 1.165) is 22.3 Å². The van der Waals surface area contributed by atoms with Crippen molar-refractivity contribution in [1.29, 1.82) is 5.26 Å². The molecule has 0 unspecified atom stereocenters. The fraction of sp³-hybridized carbons (Fsp3) is 0.391. The molecule has 0 aliphatic carbocycles. The van der Waals surface area contributed by atoms with Gasteiger partial charge in [0.05, 0.1) is 29.3 Å². The number of fused-ring (bicyclic) bond motifs is 1. The summed E-state index contributed by atoms with van der Waals surface area (Å²) in [5.74, 6) is 0.613. The molecule has 2 heterocycles. The second kappa shape index (κ2) is 9.06. The first kappa shape index (κ1) is 21.5. The Morgan fingerprint density at radius 3 is 2.70 bits per heavy atom.